The third-order valence-corrected chi connectivity index (χ3v) is 6.21. The minimum absolute atomic E-state index is 0.150. The number of carbonyl (C=O) groups excluding carboxylic acids is 3. The summed E-state index contributed by atoms with van der Waals surface area (Å²) in [5.74, 6) is -0.744. The monoisotopic (exact) mass is 447 g/mol. The lowest BCUT2D eigenvalue weighted by Crippen LogP contribution is -2.65. The second-order valence-corrected chi connectivity index (χ2v) is 9.29. The van der Waals surface area contributed by atoms with Crippen molar-refractivity contribution in [1.29, 1.82) is 0 Å². The molecular weight excluding hydrogens is 410 g/mol. The first-order valence-corrected chi connectivity index (χ1v) is 11.9. The van der Waals surface area contributed by atoms with E-state index in [2.05, 4.69) is 15.7 Å². The van der Waals surface area contributed by atoms with Crippen LogP contribution in [0, 0.1) is 0 Å². The highest BCUT2D eigenvalue weighted by Crippen LogP contribution is 2.29. The molecule has 1 aromatic rings. The molecule has 9 heteroatoms. The molecule has 32 heavy (non-hydrogen) atoms. The quantitative estimate of drug-likeness (QED) is 0.535. The van der Waals surface area contributed by atoms with Gasteiger partial charge < -0.3 is 20.3 Å². The highest BCUT2D eigenvalue weighted by molar-refractivity contribution is 6.01. The number of nitrogens with zero attached hydrogens (tertiary/aromatic N) is 3. The lowest BCUT2D eigenvalue weighted by atomic mass is 9.94. The smallest absolute Gasteiger partial charge is 0.273 e. The number of hydrogen-bond acceptors (Lipinski definition) is 5. The van der Waals surface area contributed by atoms with E-state index in [9.17, 15) is 14.4 Å². The minimum Gasteiger partial charge on any atom is -0.379 e. The van der Waals surface area contributed by atoms with Crippen LogP contribution in [0.4, 0.5) is 0 Å². The van der Waals surface area contributed by atoms with Crippen molar-refractivity contribution in [2.24, 2.45) is 0 Å². The summed E-state index contributed by atoms with van der Waals surface area (Å²) in [4.78, 5) is 40.8. The fourth-order valence-electron chi connectivity index (χ4n) is 4.42. The second kappa shape index (κ2) is 10.5. The van der Waals surface area contributed by atoms with Crippen molar-refractivity contribution >= 4 is 17.7 Å². The van der Waals surface area contributed by atoms with Crippen molar-refractivity contribution in [3.8, 4) is 0 Å². The van der Waals surface area contributed by atoms with Crippen LogP contribution in [0.2, 0.25) is 0 Å². The highest BCUT2D eigenvalue weighted by Gasteiger charge is 2.48. The van der Waals surface area contributed by atoms with E-state index < -0.39 is 5.54 Å². The summed E-state index contributed by atoms with van der Waals surface area (Å²) in [5, 5.41) is 10.3. The van der Waals surface area contributed by atoms with Crippen molar-refractivity contribution < 1.29 is 19.1 Å². The summed E-state index contributed by atoms with van der Waals surface area (Å²) in [7, 11) is 0. The molecule has 2 aliphatic rings. The Morgan fingerprint density at radius 3 is 2.69 bits per heavy atom. The van der Waals surface area contributed by atoms with Gasteiger partial charge in [0.25, 0.3) is 11.8 Å². The fraction of sp³-hybridized carbons (Fsp3) is 0.739. The maximum absolute atomic E-state index is 13.3. The van der Waals surface area contributed by atoms with E-state index in [1.165, 1.54) is 10.7 Å². The van der Waals surface area contributed by atoms with Gasteiger partial charge >= 0.3 is 0 Å². The number of rotatable bonds is 10. The van der Waals surface area contributed by atoms with E-state index in [-0.39, 0.29) is 42.1 Å². The van der Waals surface area contributed by atoms with Gasteiger partial charge in [0.15, 0.2) is 5.69 Å². The first kappa shape index (κ1) is 24.2. The molecule has 1 saturated carbocycles. The van der Waals surface area contributed by atoms with Crippen molar-refractivity contribution in [2.75, 3.05) is 19.7 Å². The van der Waals surface area contributed by atoms with Crippen LogP contribution in [0.25, 0.3) is 0 Å². The summed E-state index contributed by atoms with van der Waals surface area (Å²) in [6.45, 7) is 9.43. The van der Waals surface area contributed by atoms with Gasteiger partial charge in [0.05, 0.1) is 12.6 Å². The molecule has 1 atom stereocenters. The summed E-state index contributed by atoms with van der Waals surface area (Å²) in [6.07, 6.45) is 5.77. The Kier molecular flexibility index (Phi) is 7.92. The summed E-state index contributed by atoms with van der Waals surface area (Å²) in [6, 6.07) is 1.69. The van der Waals surface area contributed by atoms with Gasteiger partial charge in [-0.05, 0) is 46.5 Å². The molecule has 3 rings (SSSR count). The molecule has 1 fully saturated rings. The molecule has 1 aromatic heterocycles. The maximum Gasteiger partial charge on any atom is 0.273 e. The number of nitrogens with one attached hydrogen (secondary N) is 2. The van der Waals surface area contributed by atoms with E-state index in [0.29, 0.717) is 31.8 Å². The van der Waals surface area contributed by atoms with Crippen LogP contribution in [0.5, 0.6) is 0 Å². The number of ether oxygens (including phenoxy) is 1. The predicted octanol–water partition coefficient (Wildman–Crippen LogP) is 2.11. The zero-order valence-corrected chi connectivity index (χ0v) is 19.8. The molecular formula is C23H37N5O4. The van der Waals surface area contributed by atoms with Gasteiger partial charge in [-0.2, -0.15) is 5.10 Å². The molecule has 0 radical (unpaired) electrons. The molecule has 1 aliphatic heterocycles. The van der Waals surface area contributed by atoms with Crippen LogP contribution in [0.3, 0.4) is 0 Å². The van der Waals surface area contributed by atoms with Gasteiger partial charge in [-0.3, -0.25) is 19.1 Å². The van der Waals surface area contributed by atoms with Crippen LogP contribution < -0.4 is 10.6 Å². The molecule has 0 aromatic carbocycles. The van der Waals surface area contributed by atoms with E-state index in [4.69, 9.17) is 4.74 Å². The molecule has 3 amide bonds. The molecule has 178 valence electrons. The maximum atomic E-state index is 13.3. The highest BCUT2D eigenvalue weighted by atomic mass is 16.5. The first-order chi connectivity index (χ1) is 15.3. The summed E-state index contributed by atoms with van der Waals surface area (Å²) >= 11 is 0. The molecule has 1 aliphatic carbocycles. The SMILES string of the molecule is CCCN1C(=O)c2cc(C(=O)NCCCOC(C)C)nn2C[C@@]1(C)C(=O)NC1CCCC1. The number of amides is 3. The zero-order valence-electron chi connectivity index (χ0n) is 19.8. The lowest BCUT2D eigenvalue weighted by molar-refractivity contribution is -0.133. The Bertz CT molecular complexity index is 830. The van der Waals surface area contributed by atoms with Crippen LogP contribution in [0.15, 0.2) is 6.07 Å². The average Bonchev–Trinajstić information content (AvgIpc) is 3.40. The Morgan fingerprint density at radius 1 is 1.31 bits per heavy atom. The first-order valence-electron chi connectivity index (χ1n) is 11.9. The second-order valence-electron chi connectivity index (χ2n) is 9.29. The molecule has 0 spiro atoms. The normalized spacial score (nSPS) is 21.2. The van der Waals surface area contributed by atoms with E-state index in [1.54, 1.807) is 11.8 Å². The Labute approximate surface area is 190 Å². The van der Waals surface area contributed by atoms with Crippen LogP contribution in [0.1, 0.15) is 87.2 Å². The standard InChI is InChI=1S/C23H37N5O4/c1-5-12-27-21(30)19-14-18(20(29)24-11-8-13-32-16(2)3)26-28(19)15-23(27,4)22(31)25-17-9-6-7-10-17/h14,16-17H,5-13,15H2,1-4H3,(H,24,29)(H,25,31)/t23-/m0/s1. The summed E-state index contributed by atoms with van der Waals surface area (Å²) < 4.78 is 6.99. The minimum atomic E-state index is -1.05. The van der Waals surface area contributed by atoms with Gasteiger partial charge in [0, 0.05) is 31.8 Å². The molecule has 0 saturated heterocycles. The number of fused-ring (bicyclic) bond motifs is 1. The van der Waals surface area contributed by atoms with E-state index >= 15 is 0 Å². The van der Waals surface area contributed by atoms with Crippen molar-refractivity contribution in [2.45, 2.75) is 90.4 Å². The van der Waals surface area contributed by atoms with Gasteiger partial charge in [0.2, 0.25) is 5.91 Å². The van der Waals surface area contributed by atoms with Crippen LogP contribution in [-0.4, -0.2) is 69.8 Å². The number of hydrogen-bond donors (Lipinski definition) is 2. The molecule has 0 bridgehead atoms. The Hall–Kier alpha value is -2.42. The molecule has 2 heterocycles. The van der Waals surface area contributed by atoms with Gasteiger partial charge in [-0.15, -0.1) is 0 Å². The average molecular weight is 448 g/mol. The van der Waals surface area contributed by atoms with Gasteiger partial charge in [0.1, 0.15) is 11.2 Å². The molecule has 2 N–H and O–H groups in total. The number of aromatic nitrogens is 2. The van der Waals surface area contributed by atoms with Crippen molar-refractivity contribution in [3.63, 3.8) is 0 Å². The van der Waals surface area contributed by atoms with E-state index in [0.717, 1.165) is 32.1 Å². The topological polar surface area (TPSA) is 106 Å². The number of carbonyl (C=O) groups is 3. The third-order valence-electron chi connectivity index (χ3n) is 6.21. The van der Waals surface area contributed by atoms with Crippen LogP contribution in [-0.2, 0) is 16.1 Å². The fourth-order valence-corrected chi connectivity index (χ4v) is 4.42. The Balaban J connectivity index is 1.72. The predicted molar refractivity (Wildman–Crippen MR) is 120 cm³/mol. The Morgan fingerprint density at radius 2 is 2.03 bits per heavy atom. The van der Waals surface area contributed by atoms with Gasteiger partial charge in [-0.1, -0.05) is 19.8 Å². The van der Waals surface area contributed by atoms with Crippen LogP contribution >= 0.6 is 0 Å². The molecule has 9 nitrogen and oxygen atoms in total. The summed E-state index contributed by atoms with van der Waals surface area (Å²) in [5.41, 5.74) is -0.510. The van der Waals surface area contributed by atoms with Crippen molar-refractivity contribution in [3.05, 3.63) is 17.5 Å². The zero-order chi connectivity index (χ0) is 23.3. The largest absolute Gasteiger partial charge is 0.379 e. The van der Waals surface area contributed by atoms with E-state index in [1.807, 2.05) is 20.8 Å². The lowest BCUT2D eigenvalue weighted by Gasteiger charge is -2.43. The van der Waals surface area contributed by atoms with Crippen molar-refractivity contribution in [1.82, 2.24) is 25.3 Å². The third kappa shape index (κ3) is 5.31. The molecule has 0 unspecified atom stereocenters. The van der Waals surface area contributed by atoms with Gasteiger partial charge in [-0.25, -0.2) is 0 Å².